The van der Waals surface area contributed by atoms with Gasteiger partial charge < -0.3 is 20.3 Å². The molecule has 0 saturated carbocycles. The molecule has 1 atom stereocenters. The highest BCUT2D eigenvalue weighted by Gasteiger charge is 2.20. The molecule has 1 unspecified atom stereocenters. The van der Waals surface area contributed by atoms with E-state index >= 15 is 0 Å². The van der Waals surface area contributed by atoms with Crippen LogP contribution in [0.5, 0.6) is 5.75 Å². The van der Waals surface area contributed by atoms with E-state index < -0.39 is 24.3 Å². The van der Waals surface area contributed by atoms with Gasteiger partial charge in [-0.15, -0.1) is 0 Å². The molecule has 0 fully saturated rings. The van der Waals surface area contributed by atoms with Crippen molar-refractivity contribution in [2.75, 3.05) is 18.5 Å². The fourth-order valence-electron chi connectivity index (χ4n) is 1.53. The molecule has 6 heteroatoms. The van der Waals surface area contributed by atoms with Gasteiger partial charge in [-0.3, -0.25) is 9.59 Å². The largest absolute Gasteiger partial charge is 0.494 e. The van der Waals surface area contributed by atoms with E-state index in [1.807, 2.05) is 6.92 Å². The van der Waals surface area contributed by atoms with Crippen LogP contribution >= 0.6 is 0 Å². The Morgan fingerprint density at radius 2 is 1.89 bits per heavy atom. The molecule has 104 valence electrons. The van der Waals surface area contributed by atoms with Crippen LogP contribution in [0.4, 0.5) is 5.69 Å². The second kappa shape index (κ2) is 7.25. The lowest BCUT2D eigenvalue weighted by atomic mass is 10.1. The topological polar surface area (TPSA) is 95.9 Å². The van der Waals surface area contributed by atoms with E-state index in [0.29, 0.717) is 6.61 Å². The first-order valence-electron chi connectivity index (χ1n) is 5.94. The molecule has 1 aromatic carbocycles. The summed E-state index contributed by atoms with van der Waals surface area (Å²) in [6.45, 7) is 2.53. The van der Waals surface area contributed by atoms with Crippen LogP contribution in [0.15, 0.2) is 24.3 Å². The zero-order valence-corrected chi connectivity index (χ0v) is 10.6. The third kappa shape index (κ3) is 5.29. The molecular formula is C13H17NO5. The number of aliphatic carboxylic acids is 2. The van der Waals surface area contributed by atoms with E-state index in [1.165, 1.54) is 0 Å². The molecule has 0 saturated heterocycles. The van der Waals surface area contributed by atoms with Crippen molar-refractivity contribution >= 4 is 17.6 Å². The van der Waals surface area contributed by atoms with Gasteiger partial charge in [-0.1, -0.05) is 0 Å². The Morgan fingerprint density at radius 3 is 2.37 bits per heavy atom. The highest BCUT2D eigenvalue weighted by atomic mass is 16.5. The summed E-state index contributed by atoms with van der Waals surface area (Å²) in [4.78, 5) is 21.4. The zero-order chi connectivity index (χ0) is 14.3. The number of benzene rings is 1. The minimum atomic E-state index is -1.12. The van der Waals surface area contributed by atoms with Crippen LogP contribution in [-0.2, 0) is 9.59 Å². The number of nitrogens with one attached hydrogen (secondary N) is 1. The molecule has 19 heavy (non-hydrogen) atoms. The summed E-state index contributed by atoms with van der Waals surface area (Å²) >= 11 is 0. The van der Waals surface area contributed by atoms with Crippen LogP contribution in [0.25, 0.3) is 0 Å². The Balaban J connectivity index is 2.54. The highest BCUT2D eigenvalue weighted by Crippen LogP contribution is 2.16. The minimum absolute atomic E-state index is 0.0651. The predicted octanol–water partition coefficient (Wildman–Crippen LogP) is 1.67. The molecule has 0 spiro atoms. The number of hydrogen-bond donors (Lipinski definition) is 3. The number of hydrogen-bond acceptors (Lipinski definition) is 4. The van der Waals surface area contributed by atoms with Crippen molar-refractivity contribution in [2.24, 2.45) is 5.92 Å². The van der Waals surface area contributed by atoms with Crippen molar-refractivity contribution < 1.29 is 24.5 Å². The maximum atomic E-state index is 10.9. The van der Waals surface area contributed by atoms with E-state index in [2.05, 4.69) is 5.32 Å². The normalized spacial score (nSPS) is 11.6. The molecule has 1 aromatic rings. The molecule has 1 rings (SSSR count). The monoisotopic (exact) mass is 267 g/mol. The predicted molar refractivity (Wildman–Crippen MR) is 69.5 cm³/mol. The summed E-state index contributed by atoms with van der Waals surface area (Å²) in [5.41, 5.74) is 0.722. The van der Waals surface area contributed by atoms with Crippen LogP contribution in [0, 0.1) is 5.92 Å². The van der Waals surface area contributed by atoms with Crippen molar-refractivity contribution in [3.05, 3.63) is 24.3 Å². The van der Waals surface area contributed by atoms with Crippen LogP contribution in [0.1, 0.15) is 13.3 Å². The van der Waals surface area contributed by atoms with Crippen LogP contribution in [0.3, 0.4) is 0 Å². The van der Waals surface area contributed by atoms with Gasteiger partial charge in [0.15, 0.2) is 0 Å². The Labute approximate surface area is 111 Å². The lowest BCUT2D eigenvalue weighted by Gasteiger charge is -2.12. The molecule has 0 radical (unpaired) electrons. The second-order valence-corrected chi connectivity index (χ2v) is 3.97. The number of ether oxygens (including phenoxy) is 1. The van der Waals surface area contributed by atoms with Crippen LogP contribution < -0.4 is 10.1 Å². The quantitative estimate of drug-likeness (QED) is 0.663. The lowest BCUT2D eigenvalue weighted by Crippen LogP contribution is -2.25. The zero-order valence-electron chi connectivity index (χ0n) is 10.6. The van der Waals surface area contributed by atoms with Gasteiger partial charge in [0.25, 0.3) is 0 Å². The Bertz CT molecular complexity index is 429. The summed E-state index contributed by atoms with van der Waals surface area (Å²) in [7, 11) is 0. The molecule has 0 aliphatic carbocycles. The van der Waals surface area contributed by atoms with Crippen LogP contribution in [-0.4, -0.2) is 35.3 Å². The first-order chi connectivity index (χ1) is 9.02. The molecule has 0 aliphatic rings. The third-order valence-corrected chi connectivity index (χ3v) is 2.49. The summed E-state index contributed by atoms with van der Waals surface area (Å²) < 4.78 is 5.28. The van der Waals surface area contributed by atoms with Gasteiger partial charge in [-0.25, -0.2) is 0 Å². The number of carboxylic acid groups (broad SMARTS) is 2. The Kier molecular flexibility index (Phi) is 5.66. The van der Waals surface area contributed by atoms with Gasteiger partial charge in [-0.2, -0.15) is 0 Å². The number of carboxylic acids is 2. The summed E-state index contributed by atoms with van der Waals surface area (Å²) in [5, 5.41) is 20.4. The smallest absolute Gasteiger partial charge is 0.308 e. The van der Waals surface area contributed by atoms with Crippen molar-refractivity contribution in [3.63, 3.8) is 0 Å². The highest BCUT2D eigenvalue weighted by molar-refractivity contribution is 5.78. The molecule has 0 heterocycles. The van der Waals surface area contributed by atoms with Gasteiger partial charge in [0, 0.05) is 12.2 Å². The molecule has 0 aliphatic heterocycles. The number of rotatable bonds is 8. The average Bonchev–Trinajstić information content (AvgIpc) is 2.36. The minimum Gasteiger partial charge on any atom is -0.494 e. The van der Waals surface area contributed by atoms with E-state index in [4.69, 9.17) is 14.9 Å². The van der Waals surface area contributed by atoms with E-state index in [9.17, 15) is 9.59 Å². The molecule has 0 bridgehead atoms. The average molecular weight is 267 g/mol. The van der Waals surface area contributed by atoms with Gasteiger partial charge in [0.05, 0.1) is 18.9 Å². The molecule has 0 amide bonds. The fraction of sp³-hybridized carbons (Fsp3) is 0.385. The van der Waals surface area contributed by atoms with Gasteiger partial charge in [0.1, 0.15) is 5.75 Å². The molecule has 0 aromatic heterocycles. The van der Waals surface area contributed by atoms with E-state index in [0.717, 1.165) is 11.4 Å². The Hall–Kier alpha value is -2.24. The summed E-state index contributed by atoms with van der Waals surface area (Å²) in [5.74, 6) is -2.47. The molecule has 6 nitrogen and oxygen atoms in total. The van der Waals surface area contributed by atoms with Crippen LogP contribution in [0.2, 0.25) is 0 Å². The Morgan fingerprint density at radius 1 is 1.26 bits per heavy atom. The summed E-state index contributed by atoms with van der Waals surface area (Å²) in [6, 6.07) is 7.03. The van der Waals surface area contributed by atoms with Crippen molar-refractivity contribution in [2.45, 2.75) is 13.3 Å². The molecule has 3 N–H and O–H groups in total. The SMILES string of the molecule is CCOc1ccc(NCC(CC(=O)O)C(=O)O)cc1. The summed E-state index contributed by atoms with van der Waals surface area (Å²) in [6.07, 6.45) is -0.403. The van der Waals surface area contributed by atoms with E-state index in [-0.39, 0.29) is 6.54 Å². The molecular weight excluding hydrogens is 250 g/mol. The maximum absolute atomic E-state index is 10.9. The first kappa shape index (κ1) is 14.8. The number of anilines is 1. The first-order valence-corrected chi connectivity index (χ1v) is 5.94. The van der Waals surface area contributed by atoms with Gasteiger partial charge in [-0.05, 0) is 31.2 Å². The fourth-order valence-corrected chi connectivity index (χ4v) is 1.53. The number of carbonyl (C=O) groups is 2. The van der Waals surface area contributed by atoms with Crippen molar-refractivity contribution in [1.82, 2.24) is 0 Å². The van der Waals surface area contributed by atoms with Gasteiger partial charge >= 0.3 is 11.9 Å². The van der Waals surface area contributed by atoms with Gasteiger partial charge in [0.2, 0.25) is 0 Å². The standard InChI is InChI=1S/C13H17NO5/c1-2-19-11-5-3-10(4-6-11)14-8-9(13(17)18)7-12(15)16/h3-6,9,14H,2,7-8H2,1H3,(H,15,16)(H,17,18). The third-order valence-electron chi connectivity index (χ3n) is 2.49. The van der Waals surface area contributed by atoms with Crippen molar-refractivity contribution in [1.29, 1.82) is 0 Å². The lowest BCUT2D eigenvalue weighted by molar-refractivity contribution is -0.147. The van der Waals surface area contributed by atoms with Crippen molar-refractivity contribution in [3.8, 4) is 5.75 Å². The second-order valence-electron chi connectivity index (χ2n) is 3.97. The maximum Gasteiger partial charge on any atom is 0.308 e. The van der Waals surface area contributed by atoms with E-state index in [1.54, 1.807) is 24.3 Å².